The van der Waals surface area contributed by atoms with Crippen molar-refractivity contribution in [3.8, 4) is 5.75 Å². The number of hydrogen-bond donors (Lipinski definition) is 0. The smallest absolute Gasteiger partial charge is 0.418 e. The summed E-state index contributed by atoms with van der Waals surface area (Å²) < 4.78 is 4.61. The van der Waals surface area contributed by atoms with E-state index < -0.39 is 0 Å². The quantitative estimate of drug-likeness (QED) is 0.801. The van der Waals surface area contributed by atoms with Crippen LogP contribution in [-0.2, 0) is 4.79 Å². The fourth-order valence-electron chi connectivity index (χ4n) is 0.799. The van der Waals surface area contributed by atoms with E-state index in [9.17, 15) is 4.79 Å². The Balaban J connectivity index is 2.99. The van der Waals surface area contributed by atoms with Gasteiger partial charge in [0.2, 0.25) is 0 Å². The molecule has 0 N–H and O–H groups in total. The lowest BCUT2D eigenvalue weighted by atomic mass is 10.2. The zero-order chi connectivity index (χ0) is 8.97. The normalized spacial score (nSPS) is 9.92. The van der Waals surface area contributed by atoms with Crippen LogP contribution >= 0.6 is 31.9 Å². The molecule has 0 atom stereocenters. The van der Waals surface area contributed by atoms with E-state index in [1.54, 1.807) is 12.1 Å². The van der Waals surface area contributed by atoms with Crippen molar-refractivity contribution in [3.05, 3.63) is 29.8 Å². The van der Waals surface area contributed by atoms with Crippen LogP contribution in [0.5, 0.6) is 5.75 Å². The Kier molecular flexibility index (Phi) is 3.75. The number of halogens is 2. The number of alkyl halides is 2. The Morgan fingerprint density at radius 2 is 2.00 bits per heavy atom. The van der Waals surface area contributed by atoms with Gasteiger partial charge in [0.25, 0.3) is 0 Å². The van der Waals surface area contributed by atoms with Gasteiger partial charge in [-0.3, -0.25) is 0 Å². The van der Waals surface area contributed by atoms with Gasteiger partial charge in [-0.15, -0.1) is 0 Å². The molecule has 0 unspecified atom stereocenters. The topological polar surface area (TPSA) is 26.3 Å². The highest BCUT2D eigenvalue weighted by atomic mass is 79.9. The summed E-state index contributed by atoms with van der Waals surface area (Å²) in [4.78, 5) is 9.97. The largest absolute Gasteiger partial charge is 0.423 e. The average Bonchev–Trinajstić information content (AvgIpc) is 2.05. The Morgan fingerprint density at radius 1 is 1.33 bits per heavy atom. The maximum Gasteiger partial charge on any atom is 0.423 e. The molecule has 0 heterocycles. The zero-order valence-corrected chi connectivity index (χ0v) is 9.13. The van der Waals surface area contributed by atoms with Crippen molar-refractivity contribution in [2.45, 2.75) is 3.74 Å². The number of ether oxygens (including phenoxy) is 1. The van der Waals surface area contributed by atoms with Gasteiger partial charge in [0.05, 0.1) is 3.74 Å². The molecule has 1 aromatic carbocycles. The van der Waals surface area contributed by atoms with Crippen molar-refractivity contribution in [1.29, 1.82) is 0 Å². The van der Waals surface area contributed by atoms with Gasteiger partial charge < -0.3 is 4.74 Å². The standard InChI is InChI=1S/C8H5Br2O2/c9-8(10)6-3-1-2-4-7(6)12-5-11/h1-4,8H. The van der Waals surface area contributed by atoms with Crippen LogP contribution in [-0.4, -0.2) is 6.47 Å². The molecule has 4 heteroatoms. The van der Waals surface area contributed by atoms with Crippen LogP contribution in [0.2, 0.25) is 0 Å². The van der Waals surface area contributed by atoms with Gasteiger partial charge in [0, 0.05) is 5.56 Å². The van der Waals surface area contributed by atoms with E-state index in [1.807, 2.05) is 12.1 Å². The molecule has 1 radical (unpaired) electrons. The van der Waals surface area contributed by atoms with Gasteiger partial charge in [-0.05, 0) is 6.07 Å². The molecule has 0 aromatic heterocycles. The second-order valence-electron chi connectivity index (χ2n) is 2.02. The monoisotopic (exact) mass is 291 g/mol. The highest BCUT2D eigenvalue weighted by molar-refractivity contribution is 9.24. The van der Waals surface area contributed by atoms with E-state index in [1.165, 1.54) is 6.47 Å². The fraction of sp³-hybridized carbons (Fsp3) is 0.125. The van der Waals surface area contributed by atoms with Crippen LogP contribution in [0.25, 0.3) is 0 Å². The van der Waals surface area contributed by atoms with Crippen molar-refractivity contribution in [2.24, 2.45) is 0 Å². The van der Waals surface area contributed by atoms with Crippen LogP contribution in [0.3, 0.4) is 0 Å². The van der Waals surface area contributed by atoms with Gasteiger partial charge >= 0.3 is 6.47 Å². The first-order valence-electron chi connectivity index (χ1n) is 3.16. The lowest BCUT2D eigenvalue weighted by molar-refractivity contribution is 0.441. The summed E-state index contributed by atoms with van der Waals surface area (Å²) in [6.45, 7) is 1.39. The second-order valence-corrected chi connectivity index (χ2v) is 5.08. The average molecular weight is 293 g/mol. The summed E-state index contributed by atoms with van der Waals surface area (Å²) in [5.41, 5.74) is 0.862. The lowest BCUT2D eigenvalue weighted by Crippen LogP contribution is -1.93. The number of benzene rings is 1. The first-order valence-corrected chi connectivity index (χ1v) is 5.00. The SMILES string of the molecule is O=[C]Oc1ccccc1C(Br)Br. The van der Waals surface area contributed by atoms with Crippen LogP contribution < -0.4 is 4.74 Å². The highest BCUT2D eigenvalue weighted by Crippen LogP contribution is 2.35. The molecule has 0 aliphatic carbocycles. The predicted octanol–water partition coefficient (Wildman–Crippen LogP) is 2.92. The van der Waals surface area contributed by atoms with Crippen LogP contribution in [0.1, 0.15) is 9.30 Å². The number of rotatable bonds is 3. The minimum absolute atomic E-state index is 0.0189. The van der Waals surface area contributed by atoms with Gasteiger partial charge in [0.1, 0.15) is 5.75 Å². The molecule has 63 valence electrons. The molecule has 0 saturated heterocycles. The maximum absolute atomic E-state index is 9.97. The van der Waals surface area contributed by atoms with Gasteiger partial charge in [-0.1, -0.05) is 50.1 Å². The minimum Gasteiger partial charge on any atom is -0.418 e. The molecule has 1 aromatic rings. The molecule has 2 nitrogen and oxygen atoms in total. The summed E-state index contributed by atoms with van der Waals surface area (Å²) in [6, 6.07) is 7.21. The third kappa shape index (κ3) is 2.32. The Morgan fingerprint density at radius 3 is 2.58 bits per heavy atom. The Labute approximate surface area is 87.2 Å². The number of hydrogen-bond acceptors (Lipinski definition) is 2. The van der Waals surface area contributed by atoms with E-state index in [-0.39, 0.29) is 3.74 Å². The molecule has 0 fully saturated rings. The lowest BCUT2D eigenvalue weighted by Gasteiger charge is -2.06. The maximum atomic E-state index is 9.97. The van der Waals surface area contributed by atoms with Gasteiger partial charge in [-0.25, -0.2) is 4.79 Å². The third-order valence-corrected chi connectivity index (χ3v) is 2.29. The third-order valence-electron chi connectivity index (χ3n) is 1.31. The van der Waals surface area contributed by atoms with Crippen molar-refractivity contribution in [1.82, 2.24) is 0 Å². The van der Waals surface area contributed by atoms with Crippen LogP contribution in [0.15, 0.2) is 24.3 Å². The van der Waals surface area contributed by atoms with Crippen molar-refractivity contribution < 1.29 is 9.53 Å². The fourth-order valence-corrected chi connectivity index (χ4v) is 1.56. The molecule has 0 aliphatic rings. The van der Waals surface area contributed by atoms with E-state index >= 15 is 0 Å². The van der Waals surface area contributed by atoms with E-state index in [2.05, 4.69) is 36.6 Å². The molecular formula is C8H5Br2O2. The zero-order valence-electron chi connectivity index (χ0n) is 5.96. The molecule has 0 aliphatic heterocycles. The molecule has 1 rings (SSSR count). The van der Waals surface area contributed by atoms with Crippen molar-refractivity contribution >= 4 is 38.3 Å². The molecule has 0 bridgehead atoms. The van der Waals surface area contributed by atoms with Crippen LogP contribution in [0, 0.1) is 0 Å². The highest BCUT2D eigenvalue weighted by Gasteiger charge is 2.08. The Bertz CT molecular complexity index is 274. The predicted molar refractivity (Wildman–Crippen MR) is 53.4 cm³/mol. The minimum atomic E-state index is -0.0189. The summed E-state index contributed by atoms with van der Waals surface area (Å²) >= 11 is 6.62. The molecular weight excluding hydrogens is 288 g/mol. The number of carbonyl (C=O) groups excluding carboxylic acids is 1. The molecule has 0 spiro atoms. The summed E-state index contributed by atoms with van der Waals surface area (Å²) in [6.07, 6.45) is 0. The first-order chi connectivity index (χ1) is 5.75. The number of para-hydroxylation sites is 1. The van der Waals surface area contributed by atoms with Crippen LogP contribution in [0.4, 0.5) is 0 Å². The summed E-state index contributed by atoms with van der Waals surface area (Å²) in [5, 5.41) is 0. The van der Waals surface area contributed by atoms with E-state index in [4.69, 9.17) is 0 Å². The second kappa shape index (κ2) is 4.62. The van der Waals surface area contributed by atoms with Gasteiger partial charge in [-0.2, -0.15) is 0 Å². The molecule has 12 heavy (non-hydrogen) atoms. The van der Waals surface area contributed by atoms with Gasteiger partial charge in [0.15, 0.2) is 0 Å². The Hall–Kier alpha value is -0.350. The van der Waals surface area contributed by atoms with Crippen molar-refractivity contribution in [3.63, 3.8) is 0 Å². The molecule has 0 amide bonds. The summed E-state index contributed by atoms with van der Waals surface area (Å²) in [5.74, 6) is 0.506. The van der Waals surface area contributed by atoms with Crippen molar-refractivity contribution in [2.75, 3.05) is 0 Å². The van der Waals surface area contributed by atoms with E-state index in [0.717, 1.165) is 5.56 Å². The molecule has 0 saturated carbocycles. The van der Waals surface area contributed by atoms with E-state index in [0.29, 0.717) is 5.75 Å². The first kappa shape index (κ1) is 9.74. The summed E-state index contributed by atoms with van der Waals surface area (Å²) in [7, 11) is 0.